The van der Waals surface area contributed by atoms with Crippen molar-refractivity contribution >= 4 is 41.5 Å². The molecule has 1 heterocycles. The average Bonchev–Trinajstić information content (AvgIpc) is 2.80. The van der Waals surface area contributed by atoms with Crippen molar-refractivity contribution in [2.24, 2.45) is 4.99 Å². The molecule has 2 aromatic rings. The Kier molecular flexibility index (Phi) is 8.47. The van der Waals surface area contributed by atoms with Gasteiger partial charge in [0.25, 0.3) is 0 Å². The Bertz CT molecular complexity index is 655. The summed E-state index contributed by atoms with van der Waals surface area (Å²) in [7, 11) is 1.77. The normalized spacial score (nSPS) is 11.0. The van der Waals surface area contributed by atoms with Crippen molar-refractivity contribution in [1.29, 1.82) is 0 Å². The molecule has 0 saturated carbocycles. The summed E-state index contributed by atoms with van der Waals surface area (Å²) in [6, 6.07) is 9.95. The zero-order valence-electron chi connectivity index (χ0n) is 13.6. The Hall–Kier alpha value is -1.21. The van der Waals surface area contributed by atoms with Gasteiger partial charge in [-0.2, -0.15) is 0 Å². The summed E-state index contributed by atoms with van der Waals surface area (Å²) in [5.74, 6) is 2.65. The van der Waals surface area contributed by atoms with Gasteiger partial charge in [-0.15, -0.1) is 24.0 Å². The molecule has 1 aromatic heterocycles. The number of nitrogens with zero attached hydrogens (tertiary/aromatic N) is 1. The SMILES string of the molecule is CN=C(NCCc1cccc(Cl)c1)NCc1cc(C)oc1C.I. The van der Waals surface area contributed by atoms with Crippen LogP contribution in [-0.2, 0) is 13.0 Å². The van der Waals surface area contributed by atoms with Crippen LogP contribution >= 0.6 is 35.6 Å². The molecule has 0 radical (unpaired) electrons. The van der Waals surface area contributed by atoms with E-state index in [0.717, 1.165) is 41.0 Å². The van der Waals surface area contributed by atoms with Gasteiger partial charge in [0.2, 0.25) is 0 Å². The third-order valence-electron chi connectivity index (χ3n) is 3.41. The molecule has 0 amide bonds. The Balaban J connectivity index is 0.00000264. The first kappa shape index (κ1) is 19.8. The van der Waals surface area contributed by atoms with Gasteiger partial charge in [-0.05, 0) is 44.0 Å². The number of benzene rings is 1. The highest BCUT2D eigenvalue weighted by molar-refractivity contribution is 14.0. The summed E-state index contributed by atoms with van der Waals surface area (Å²) in [5.41, 5.74) is 2.35. The number of halogens is 2. The lowest BCUT2D eigenvalue weighted by molar-refractivity contribution is 0.500. The predicted octanol–water partition coefficient (Wildman–Crippen LogP) is 4.08. The Labute approximate surface area is 159 Å². The Morgan fingerprint density at radius 3 is 2.61 bits per heavy atom. The van der Waals surface area contributed by atoms with Crippen molar-refractivity contribution < 1.29 is 4.42 Å². The van der Waals surface area contributed by atoms with Crippen LogP contribution in [0.2, 0.25) is 5.02 Å². The molecule has 0 aliphatic rings. The monoisotopic (exact) mass is 447 g/mol. The second-order valence-corrected chi connectivity index (χ2v) is 5.61. The summed E-state index contributed by atoms with van der Waals surface area (Å²) in [6.07, 6.45) is 0.894. The van der Waals surface area contributed by atoms with Gasteiger partial charge in [0, 0.05) is 30.7 Å². The number of guanidine groups is 1. The summed E-state index contributed by atoms with van der Waals surface area (Å²) < 4.78 is 5.52. The minimum atomic E-state index is 0. The van der Waals surface area contributed by atoms with Gasteiger partial charge >= 0.3 is 0 Å². The lowest BCUT2D eigenvalue weighted by Gasteiger charge is -2.11. The van der Waals surface area contributed by atoms with Crippen LogP contribution in [0.5, 0.6) is 0 Å². The van der Waals surface area contributed by atoms with E-state index >= 15 is 0 Å². The largest absolute Gasteiger partial charge is 0.466 e. The van der Waals surface area contributed by atoms with Crippen LogP contribution < -0.4 is 10.6 Å². The molecule has 0 aliphatic heterocycles. The number of nitrogens with one attached hydrogen (secondary N) is 2. The summed E-state index contributed by atoms with van der Waals surface area (Å²) >= 11 is 5.98. The van der Waals surface area contributed by atoms with E-state index in [0.29, 0.717) is 6.54 Å². The molecule has 0 saturated heterocycles. The highest BCUT2D eigenvalue weighted by Crippen LogP contribution is 2.13. The first-order valence-electron chi connectivity index (χ1n) is 7.33. The van der Waals surface area contributed by atoms with Crippen molar-refractivity contribution in [3.8, 4) is 0 Å². The molecule has 0 aliphatic carbocycles. The van der Waals surface area contributed by atoms with Crippen LogP contribution in [-0.4, -0.2) is 19.6 Å². The molecule has 0 fully saturated rings. The predicted molar refractivity (Wildman–Crippen MR) is 107 cm³/mol. The number of aryl methyl sites for hydroxylation is 2. The lowest BCUT2D eigenvalue weighted by Crippen LogP contribution is -2.37. The zero-order chi connectivity index (χ0) is 15.9. The third-order valence-corrected chi connectivity index (χ3v) is 3.64. The molecule has 2 rings (SSSR count). The zero-order valence-corrected chi connectivity index (χ0v) is 16.7. The topological polar surface area (TPSA) is 49.6 Å². The molecule has 4 nitrogen and oxygen atoms in total. The molecule has 0 unspecified atom stereocenters. The number of hydrogen-bond acceptors (Lipinski definition) is 2. The Morgan fingerprint density at radius 1 is 1.22 bits per heavy atom. The first-order chi connectivity index (χ1) is 10.6. The number of furan rings is 1. The van der Waals surface area contributed by atoms with E-state index in [4.69, 9.17) is 16.0 Å². The molecule has 0 atom stereocenters. The number of rotatable bonds is 5. The fourth-order valence-electron chi connectivity index (χ4n) is 2.28. The Morgan fingerprint density at radius 2 is 2.00 bits per heavy atom. The molecule has 126 valence electrons. The quantitative estimate of drug-likeness (QED) is 0.413. The summed E-state index contributed by atoms with van der Waals surface area (Å²) in [6.45, 7) is 5.41. The van der Waals surface area contributed by atoms with Gasteiger partial charge in [-0.25, -0.2) is 0 Å². The smallest absolute Gasteiger partial charge is 0.191 e. The van der Waals surface area contributed by atoms with E-state index in [1.54, 1.807) is 7.05 Å². The van der Waals surface area contributed by atoms with Gasteiger partial charge < -0.3 is 15.1 Å². The maximum Gasteiger partial charge on any atom is 0.191 e. The van der Waals surface area contributed by atoms with Gasteiger partial charge in [-0.3, -0.25) is 4.99 Å². The highest BCUT2D eigenvalue weighted by Gasteiger charge is 2.05. The molecule has 1 aromatic carbocycles. The van der Waals surface area contributed by atoms with E-state index in [1.807, 2.05) is 38.1 Å². The van der Waals surface area contributed by atoms with Crippen molar-refractivity contribution in [3.05, 3.63) is 58.0 Å². The molecule has 0 spiro atoms. The molecule has 0 bridgehead atoms. The molecule has 6 heteroatoms. The van der Waals surface area contributed by atoms with Crippen LogP contribution in [0, 0.1) is 13.8 Å². The van der Waals surface area contributed by atoms with Gasteiger partial charge in [0.1, 0.15) is 11.5 Å². The van der Waals surface area contributed by atoms with Crippen molar-refractivity contribution in [1.82, 2.24) is 10.6 Å². The van der Waals surface area contributed by atoms with Crippen LogP contribution in [0.4, 0.5) is 0 Å². The molecule has 2 N–H and O–H groups in total. The average molecular weight is 448 g/mol. The first-order valence-corrected chi connectivity index (χ1v) is 7.71. The maximum atomic E-state index is 5.98. The number of hydrogen-bond donors (Lipinski definition) is 2. The van der Waals surface area contributed by atoms with Crippen LogP contribution in [0.3, 0.4) is 0 Å². The van der Waals surface area contributed by atoms with Crippen molar-refractivity contribution in [2.45, 2.75) is 26.8 Å². The van der Waals surface area contributed by atoms with Crippen LogP contribution in [0.25, 0.3) is 0 Å². The summed E-state index contributed by atoms with van der Waals surface area (Å²) in [4.78, 5) is 4.23. The van der Waals surface area contributed by atoms with Crippen LogP contribution in [0.1, 0.15) is 22.6 Å². The molecular weight excluding hydrogens is 425 g/mol. The lowest BCUT2D eigenvalue weighted by atomic mass is 10.1. The van der Waals surface area contributed by atoms with E-state index in [1.165, 1.54) is 5.56 Å². The van der Waals surface area contributed by atoms with Crippen molar-refractivity contribution in [2.75, 3.05) is 13.6 Å². The highest BCUT2D eigenvalue weighted by atomic mass is 127. The van der Waals surface area contributed by atoms with Crippen LogP contribution in [0.15, 0.2) is 39.7 Å². The minimum absolute atomic E-state index is 0. The van der Waals surface area contributed by atoms with E-state index in [2.05, 4.69) is 21.7 Å². The van der Waals surface area contributed by atoms with Gasteiger partial charge in [-0.1, -0.05) is 23.7 Å². The third kappa shape index (κ3) is 6.43. The van der Waals surface area contributed by atoms with E-state index < -0.39 is 0 Å². The second kappa shape index (κ2) is 9.82. The standard InChI is InChI=1S/C17H22ClN3O.HI/c1-12-9-15(13(2)22-12)11-21-17(19-3)20-8-7-14-5-4-6-16(18)10-14;/h4-6,9-10H,7-8,11H2,1-3H3,(H2,19,20,21);1H. The van der Waals surface area contributed by atoms with E-state index in [-0.39, 0.29) is 24.0 Å². The van der Waals surface area contributed by atoms with Crippen molar-refractivity contribution in [3.63, 3.8) is 0 Å². The number of aliphatic imine (C=N–C) groups is 1. The van der Waals surface area contributed by atoms with Gasteiger partial charge in [0.05, 0.1) is 0 Å². The molecular formula is C17H23ClIN3O. The fourth-order valence-corrected chi connectivity index (χ4v) is 2.49. The van der Waals surface area contributed by atoms with E-state index in [9.17, 15) is 0 Å². The summed E-state index contributed by atoms with van der Waals surface area (Å²) in [5, 5.41) is 7.36. The fraction of sp³-hybridized carbons (Fsp3) is 0.353. The molecule has 23 heavy (non-hydrogen) atoms. The minimum Gasteiger partial charge on any atom is -0.466 e. The van der Waals surface area contributed by atoms with Gasteiger partial charge in [0.15, 0.2) is 5.96 Å². The maximum absolute atomic E-state index is 5.98. The second-order valence-electron chi connectivity index (χ2n) is 5.17.